The van der Waals surface area contributed by atoms with E-state index in [1.165, 1.54) is 11.8 Å². The van der Waals surface area contributed by atoms with Gasteiger partial charge in [0.05, 0.1) is 17.6 Å². The summed E-state index contributed by atoms with van der Waals surface area (Å²) in [5.41, 5.74) is 9.03. The molecule has 0 radical (unpaired) electrons. The van der Waals surface area contributed by atoms with Gasteiger partial charge < -0.3 is 10.8 Å². The number of hydrogen-bond donors (Lipinski definition) is 2. The van der Waals surface area contributed by atoms with E-state index in [0.29, 0.717) is 17.5 Å². The zero-order valence-electron chi connectivity index (χ0n) is 14.8. The van der Waals surface area contributed by atoms with Crippen molar-refractivity contribution < 1.29 is 14.7 Å². The molecule has 0 spiro atoms. The summed E-state index contributed by atoms with van der Waals surface area (Å²) in [6.07, 6.45) is 5.64. The van der Waals surface area contributed by atoms with Crippen molar-refractivity contribution in [3.8, 4) is 11.3 Å². The Morgan fingerprint density at radius 3 is 2.38 bits per heavy atom. The maximum absolute atomic E-state index is 11.3. The zero-order chi connectivity index (χ0) is 18.7. The van der Waals surface area contributed by atoms with E-state index in [1.807, 2.05) is 19.1 Å². The van der Waals surface area contributed by atoms with Crippen LogP contribution in [0.15, 0.2) is 30.5 Å². The molecule has 1 aliphatic carbocycles. The van der Waals surface area contributed by atoms with Gasteiger partial charge in [-0.25, -0.2) is 4.98 Å². The lowest BCUT2D eigenvalue weighted by molar-refractivity contribution is -0.138. The zero-order valence-corrected chi connectivity index (χ0v) is 14.8. The molecule has 6 heteroatoms. The van der Waals surface area contributed by atoms with Crippen molar-refractivity contribution in [3.05, 3.63) is 47.4 Å². The third-order valence-electron chi connectivity index (χ3n) is 5.17. The van der Waals surface area contributed by atoms with Crippen LogP contribution in [0.4, 0.5) is 0 Å². The fourth-order valence-electron chi connectivity index (χ4n) is 3.70. The first-order chi connectivity index (χ1) is 12.4. The molecule has 0 saturated heterocycles. The number of amides is 1. The molecule has 1 saturated carbocycles. The number of nitrogens with two attached hydrogens (primary N) is 1. The van der Waals surface area contributed by atoms with Crippen LogP contribution in [0, 0.1) is 12.8 Å². The van der Waals surface area contributed by atoms with Gasteiger partial charge in [-0.05, 0) is 50.0 Å². The lowest BCUT2D eigenvalue weighted by Gasteiger charge is -2.28. The van der Waals surface area contributed by atoms with Gasteiger partial charge in [0.15, 0.2) is 0 Å². The highest BCUT2D eigenvalue weighted by Gasteiger charge is 2.24. The quantitative estimate of drug-likeness (QED) is 0.858. The van der Waals surface area contributed by atoms with Crippen LogP contribution >= 0.6 is 0 Å². The van der Waals surface area contributed by atoms with Crippen molar-refractivity contribution in [2.75, 3.05) is 0 Å². The van der Waals surface area contributed by atoms with Gasteiger partial charge in [0, 0.05) is 12.0 Å². The van der Waals surface area contributed by atoms with E-state index in [0.717, 1.165) is 36.9 Å². The van der Waals surface area contributed by atoms with Gasteiger partial charge in [-0.3, -0.25) is 14.6 Å². The molecule has 6 nitrogen and oxygen atoms in total. The minimum absolute atomic E-state index is 0.159. The molecule has 1 amide bonds. The second kappa shape index (κ2) is 7.64. The number of hydrogen-bond acceptors (Lipinski definition) is 4. The molecule has 26 heavy (non-hydrogen) atoms. The molecule has 0 unspecified atom stereocenters. The third-order valence-corrected chi connectivity index (χ3v) is 5.17. The fourth-order valence-corrected chi connectivity index (χ4v) is 3.70. The lowest BCUT2D eigenvalue weighted by Crippen LogP contribution is -2.16. The first kappa shape index (κ1) is 18.0. The second-order valence-corrected chi connectivity index (χ2v) is 6.99. The molecule has 2 aromatic rings. The van der Waals surface area contributed by atoms with Crippen LogP contribution in [-0.2, 0) is 4.79 Å². The Labute approximate surface area is 152 Å². The van der Waals surface area contributed by atoms with Crippen molar-refractivity contribution in [2.45, 2.75) is 44.9 Å². The molecule has 0 bridgehead atoms. The van der Waals surface area contributed by atoms with Gasteiger partial charge in [0.25, 0.3) is 5.91 Å². The van der Waals surface area contributed by atoms with E-state index in [2.05, 4.69) is 22.1 Å². The molecular weight excluding hydrogens is 330 g/mol. The van der Waals surface area contributed by atoms with Crippen molar-refractivity contribution >= 4 is 11.9 Å². The number of nitrogens with zero attached hydrogens (tertiary/aromatic N) is 2. The predicted octanol–water partition coefficient (Wildman–Crippen LogP) is 3.30. The third kappa shape index (κ3) is 4.07. The highest BCUT2D eigenvalue weighted by Crippen LogP contribution is 2.37. The van der Waals surface area contributed by atoms with Crippen LogP contribution in [0.1, 0.15) is 59.8 Å². The summed E-state index contributed by atoms with van der Waals surface area (Å²) in [7, 11) is 0. The Hall–Kier alpha value is -2.76. The molecule has 0 aliphatic heterocycles. The minimum atomic E-state index is -0.701. The summed E-state index contributed by atoms with van der Waals surface area (Å²) < 4.78 is 0. The van der Waals surface area contributed by atoms with Crippen molar-refractivity contribution in [1.29, 1.82) is 0 Å². The SMILES string of the molecule is Cc1ncc(C(N)=O)nc1-c1ccc([C@H]2CC[C@@H](CC(=O)O)CC2)cc1. The van der Waals surface area contributed by atoms with Crippen molar-refractivity contribution in [3.63, 3.8) is 0 Å². The Balaban J connectivity index is 1.73. The monoisotopic (exact) mass is 353 g/mol. The van der Waals surface area contributed by atoms with E-state index in [-0.39, 0.29) is 12.1 Å². The number of carbonyl (C=O) groups is 2. The predicted molar refractivity (Wildman–Crippen MR) is 97.7 cm³/mol. The van der Waals surface area contributed by atoms with Crippen molar-refractivity contribution in [2.24, 2.45) is 11.7 Å². The number of carboxylic acids is 1. The molecule has 1 aliphatic rings. The van der Waals surface area contributed by atoms with E-state index in [4.69, 9.17) is 10.8 Å². The molecule has 136 valence electrons. The molecule has 0 atom stereocenters. The maximum Gasteiger partial charge on any atom is 0.303 e. The fraction of sp³-hybridized carbons (Fsp3) is 0.400. The molecule has 1 heterocycles. The highest BCUT2D eigenvalue weighted by molar-refractivity contribution is 5.91. The topological polar surface area (TPSA) is 106 Å². The molecule has 1 aromatic carbocycles. The number of aliphatic carboxylic acids is 1. The van der Waals surface area contributed by atoms with Gasteiger partial charge in [-0.1, -0.05) is 24.3 Å². The van der Waals surface area contributed by atoms with E-state index >= 15 is 0 Å². The standard InChI is InChI=1S/C20H23N3O3/c1-12-19(23-17(11-22-12)20(21)26)16-8-6-15(7-9-16)14-4-2-13(3-5-14)10-18(24)25/h6-9,11,13-14H,2-5,10H2,1H3,(H2,21,26)(H,24,25)/t13-,14+. The van der Waals surface area contributed by atoms with Gasteiger partial charge in [0.1, 0.15) is 5.69 Å². The number of aromatic nitrogens is 2. The summed E-state index contributed by atoms with van der Waals surface area (Å²) in [4.78, 5) is 30.7. The number of benzene rings is 1. The average molecular weight is 353 g/mol. The van der Waals surface area contributed by atoms with Crippen LogP contribution < -0.4 is 5.73 Å². The van der Waals surface area contributed by atoms with Crippen LogP contribution in [0.3, 0.4) is 0 Å². The normalized spacial score (nSPS) is 19.9. The summed E-state index contributed by atoms with van der Waals surface area (Å²) in [6.45, 7) is 1.85. The number of primary amides is 1. The van der Waals surface area contributed by atoms with Gasteiger partial charge >= 0.3 is 5.97 Å². The van der Waals surface area contributed by atoms with Gasteiger partial charge in [-0.2, -0.15) is 0 Å². The Bertz CT molecular complexity index is 810. The summed E-state index contributed by atoms with van der Waals surface area (Å²) in [5.74, 6) is -0.517. The smallest absolute Gasteiger partial charge is 0.303 e. The average Bonchev–Trinajstić information content (AvgIpc) is 2.62. The number of rotatable bonds is 5. The Morgan fingerprint density at radius 2 is 1.81 bits per heavy atom. The number of carboxylic acid groups (broad SMARTS) is 1. The molecule has 1 fully saturated rings. The van der Waals surface area contributed by atoms with Crippen LogP contribution in [0.2, 0.25) is 0 Å². The maximum atomic E-state index is 11.3. The Kier molecular flexibility index (Phi) is 5.30. The summed E-state index contributed by atoms with van der Waals surface area (Å²) >= 11 is 0. The summed E-state index contributed by atoms with van der Waals surface area (Å²) in [6, 6.07) is 8.19. The molecule has 3 rings (SSSR count). The van der Waals surface area contributed by atoms with Gasteiger partial charge in [-0.15, -0.1) is 0 Å². The lowest BCUT2D eigenvalue weighted by atomic mass is 9.77. The minimum Gasteiger partial charge on any atom is -0.481 e. The van der Waals surface area contributed by atoms with Crippen molar-refractivity contribution in [1.82, 2.24) is 9.97 Å². The molecule has 3 N–H and O–H groups in total. The van der Waals surface area contributed by atoms with Crippen LogP contribution in [-0.4, -0.2) is 27.0 Å². The number of aryl methyl sites for hydroxylation is 1. The summed E-state index contributed by atoms with van der Waals surface area (Å²) in [5, 5.41) is 8.92. The van der Waals surface area contributed by atoms with E-state index in [9.17, 15) is 9.59 Å². The van der Waals surface area contributed by atoms with Gasteiger partial charge in [0.2, 0.25) is 0 Å². The molecular formula is C20H23N3O3. The first-order valence-electron chi connectivity index (χ1n) is 8.89. The van der Waals surface area contributed by atoms with Crippen LogP contribution in [0.25, 0.3) is 11.3 Å². The molecule has 1 aromatic heterocycles. The highest BCUT2D eigenvalue weighted by atomic mass is 16.4. The van der Waals surface area contributed by atoms with Crippen LogP contribution in [0.5, 0.6) is 0 Å². The van der Waals surface area contributed by atoms with E-state index < -0.39 is 11.9 Å². The second-order valence-electron chi connectivity index (χ2n) is 6.99. The van der Waals surface area contributed by atoms with E-state index in [1.54, 1.807) is 0 Å². The Morgan fingerprint density at radius 1 is 1.15 bits per heavy atom. The largest absolute Gasteiger partial charge is 0.481 e. The first-order valence-corrected chi connectivity index (χ1v) is 8.89. The number of carbonyl (C=O) groups excluding carboxylic acids is 1.